The quantitative estimate of drug-likeness (QED) is 0.559. The van der Waals surface area contributed by atoms with Crippen molar-refractivity contribution >= 4 is 23.6 Å². The zero-order chi connectivity index (χ0) is 20.8. The van der Waals surface area contributed by atoms with E-state index in [2.05, 4.69) is 9.97 Å². The summed E-state index contributed by atoms with van der Waals surface area (Å²) in [6.07, 6.45) is 10.2. The smallest absolute Gasteiger partial charge is 0.247 e. The summed E-state index contributed by atoms with van der Waals surface area (Å²) in [5, 5.41) is 0.461. The fraction of sp³-hybridized carbons (Fsp3) is 0.174. The Labute approximate surface area is 179 Å². The van der Waals surface area contributed by atoms with E-state index in [4.69, 9.17) is 21.1 Å². The lowest BCUT2D eigenvalue weighted by Gasteiger charge is -2.21. The van der Waals surface area contributed by atoms with Crippen LogP contribution in [0.25, 0.3) is 6.08 Å². The fourth-order valence-electron chi connectivity index (χ4n) is 3.13. The van der Waals surface area contributed by atoms with Crippen LogP contribution >= 0.6 is 11.6 Å². The SMILES string of the molecule is O=C(/C=C/c1cc(Cl)c2c(c1)OCCO2)N(Cc1ccncc1)Cc1cccnc1. The summed E-state index contributed by atoms with van der Waals surface area (Å²) >= 11 is 6.29. The van der Waals surface area contributed by atoms with Gasteiger partial charge in [0, 0.05) is 44.0 Å². The third-order valence-corrected chi connectivity index (χ3v) is 4.85. The maximum atomic E-state index is 13.0. The summed E-state index contributed by atoms with van der Waals surface area (Å²) < 4.78 is 11.1. The predicted molar refractivity (Wildman–Crippen MR) is 114 cm³/mol. The first-order valence-electron chi connectivity index (χ1n) is 9.53. The molecule has 0 N–H and O–H groups in total. The van der Waals surface area contributed by atoms with Crippen molar-refractivity contribution in [2.75, 3.05) is 13.2 Å². The molecule has 0 radical (unpaired) electrons. The monoisotopic (exact) mass is 421 g/mol. The van der Waals surface area contributed by atoms with E-state index in [0.717, 1.165) is 16.7 Å². The Morgan fingerprint density at radius 1 is 1.03 bits per heavy atom. The molecule has 0 atom stereocenters. The molecule has 4 rings (SSSR count). The number of carbonyl (C=O) groups is 1. The van der Waals surface area contributed by atoms with Crippen molar-refractivity contribution in [3.8, 4) is 11.5 Å². The molecule has 1 aromatic carbocycles. The first-order chi connectivity index (χ1) is 14.7. The normalized spacial score (nSPS) is 12.7. The first-order valence-corrected chi connectivity index (χ1v) is 9.91. The average Bonchev–Trinajstić information content (AvgIpc) is 2.78. The van der Waals surface area contributed by atoms with Crippen LogP contribution in [0.4, 0.5) is 0 Å². The van der Waals surface area contributed by atoms with E-state index in [-0.39, 0.29) is 5.91 Å². The molecule has 30 heavy (non-hydrogen) atoms. The van der Waals surface area contributed by atoms with Crippen LogP contribution < -0.4 is 9.47 Å². The Hall–Kier alpha value is -3.38. The number of benzene rings is 1. The second-order valence-corrected chi connectivity index (χ2v) is 7.18. The number of nitrogens with zero attached hydrogens (tertiary/aromatic N) is 3. The molecular weight excluding hydrogens is 402 g/mol. The lowest BCUT2D eigenvalue weighted by molar-refractivity contribution is -0.127. The van der Waals surface area contributed by atoms with Crippen molar-refractivity contribution in [1.29, 1.82) is 0 Å². The molecule has 0 unspecified atom stereocenters. The van der Waals surface area contributed by atoms with Crippen LogP contribution in [0.2, 0.25) is 5.02 Å². The number of hydrogen-bond acceptors (Lipinski definition) is 5. The second-order valence-electron chi connectivity index (χ2n) is 6.77. The lowest BCUT2D eigenvalue weighted by atomic mass is 10.1. The van der Waals surface area contributed by atoms with E-state index in [9.17, 15) is 4.79 Å². The minimum absolute atomic E-state index is 0.123. The molecule has 0 bridgehead atoms. The molecule has 1 aliphatic rings. The van der Waals surface area contributed by atoms with Gasteiger partial charge in [-0.15, -0.1) is 0 Å². The van der Waals surface area contributed by atoms with Gasteiger partial charge in [0.05, 0.1) is 5.02 Å². The Kier molecular flexibility index (Phi) is 6.25. The Balaban J connectivity index is 1.54. The third kappa shape index (κ3) is 4.96. The van der Waals surface area contributed by atoms with Gasteiger partial charge in [0.2, 0.25) is 5.91 Å². The van der Waals surface area contributed by atoms with E-state index in [1.165, 1.54) is 0 Å². The summed E-state index contributed by atoms with van der Waals surface area (Å²) in [4.78, 5) is 22.9. The van der Waals surface area contributed by atoms with Gasteiger partial charge in [0.15, 0.2) is 11.5 Å². The summed E-state index contributed by atoms with van der Waals surface area (Å²) in [5.74, 6) is 1.01. The van der Waals surface area contributed by atoms with Gasteiger partial charge in [-0.1, -0.05) is 17.7 Å². The third-order valence-electron chi connectivity index (χ3n) is 4.57. The number of hydrogen-bond donors (Lipinski definition) is 0. The van der Waals surface area contributed by atoms with Crippen molar-refractivity contribution < 1.29 is 14.3 Å². The van der Waals surface area contributed by atoms with Crippen LogP contribution in [0.3, 0.4) is 0 Å². The molecule has 0 fully saturated rings. The minimum Gasteiger partial charge on any atom is -0.486 e. The van der Waals surface area contributed by atoms with Crippen LogP contribution in [-0.2, 0) is 17.9 Å². The van der Waals surface area contributed by atoms with E-state index < -0.39 is 0 Å². The molecule has 3 heterocycles. The van der Waals surface area contributed by atoms with E-state index in [1.807, 2.05) is 30.3 Å². The van der Waals surface area contributed by atoms with Crippen molar-refractivity contribution in [2.45, 2.75) is 13.1 Å². The highest BCUT2D eigenvalue weighted by atomic mass is 35.5. The molecule has 0 aliphatic carbocycles. The molecule has 2 aromatic heterocycles. The number of ether oxygens (including phenoxy) is 2. The van der Waals surface area contributed by atoms with Gasteiger partial charge in [0.25, 0.3) is 0 Å². The number of fused-ring (bicyclic) bond motifs is 1. The molecule has 1 amide bonds. The Morgan fingerprint density at radius 3 is 2.63 bits per heavy atom. The van der Waals surface area contributed by atoms with Gasteiger partial charge in [-0.05, 0) is 53.1 Å². The van der Waals surface area contributed by atoms with Crippen molar-refractivity contribution in [1.82, 2.24) is 14.9 Å². The molecule has 6 nitrogen and oxygen atoms in total. The van der Waals surface area contributed by atoms with Crippen LogP contribution in [0.5, 0.6) is 11.5 Å². The zero-order valence-electron chi connectivity index (χ0n) is 16.2. The summed E-state index contributed by atoms with van der Waals surface area (Å²) in [6.45, 7) is 1.85. The molecule has 0 saturated heterocycles. The van der Waals surface area contributed by atoms with Crippen LogP contribution in [0, 0.1) is 0 Å². The molecule has 0 spiro atoms. The maximum Gasteiger partial charge on any atom is 0.247 e. The van der Waals surface area contributed by atoms with E-state index in [1.54, 1.807) is 47.9 Å². The van der Waals surface area contributed by atoms with Gasteiger partial charge in [-0.25, -0.2) is 0 Å². The van der Waals surface area contributed by atoms with E-state index >= 15 is 0 Å². The van der Waals surface area contributed by atoms with E-state index in [0.29, 0.717) is 42.8 Å². The number of halogens is 1. The van der Waals surface area contributed by atoms with Crippen LogP contribution in [-0.4, -0.2) is 34.0 Å². The first kappa shape index (κ1) is 19.9. The summed E-state index contributed by atoms with van der Waals surface area (Å²) in [5.41, 5.74) is 2.72. The van der Waals surface area contributed by atoms with Gasteiger partial charge in [-0.2, -0.15) is 0 Å². The van der Waals surface area contributed by atoms with Crippen LogP contribution in [0.1, 0.15) is 16.7 Å². The predicted octanol–water partition coefficient (Wildman–Crippen LogP) is 4.14. The second kappa shape index (κ2) is 9.41. The zero-order valence-corrected chi connectivity index (χ0v) is 17.0. The molecule has 7 heteroatoms. The van der Waals surface area contributed by atoms with Crippen molar-refractivity contribution in [3.63, 3.8) is 0 Å². The Bertz CT molecular complexity index is 1000. The lowest BCUT2D eigenvalue weighted by Crippen LogP contribution is -2.28. The standard InChI is InChI=1S/C23H20ClN3O3/c24-20-12-18(13-21-23(20)30-11-10-29-21)3-4-22(28)27(15-17-5-8-25-9-6-17)16-19-2-1-7-26-14-19/h1-9,12-14H,10-11,15-16H2/b4-3+. The van der Waals surface area contributed by atoms with Crippen molar-refractivity contribution in [2.24, 2.45) is 0 Å². The average molecular weight is 422 g/mol. The fourth-order valence-corrected chi connectivity index (χ4v) is 3.41. The number of amides is 1. The number of rotatable bonds is 6. The minimum atomic E-state index is -0.123. The molecule has 1 aliphatic heterocycles. The highest BCUT2D eigenvalue weighted by molar-refractivity contribution is 6.32. The van der Waals surface area contributed by atoms with Gasteiger partial charge in [-0.3, -0.25) is 14.8 Å². The molecular formula is C23H20ClN3O3. The maximum absolute atomic E-state index is 13.0. The molecule has 3 aromatic rings. The number of aromatic nitrogens is 2. The van der Waals surface area contributed by atoms with Crippen LogP contribution in [0.15, 0.2) is 67.3 Å². The summed E-state index contributed by atoms with van der Waals surface area (Å²) in [6, 6.07) is 11.2. The Morgan fingerprint density at radius 2 is 1.83 bits per heavy atom. The topological polar surface area (TPSA) is 64.6 Å². The summed E-state index contributed by atoms with van der Waals surface area (Å²) in [7, 11) is 0. The molecule has 152 valence electrons. The van der Waals surface area contributed by atoms with Crippen molar-refractivity contribution in [3.05, 3.63) is 89.0 Å². The highest BCUT2D eigenvalue weighted by Gasteiger charge is 2.17. The number of carbonyl (C=O) groups excluding carboxylic acids is 1. The highest BCUT2D eigenvalue weighted by Crippen LogP contribution is 2.38. The van der Waals surface area contributed by atoms with Gasteiger partial charge < -0.3 is 14.4 Å². The molecule has 0 saturated carbocycles. The van der Waals surface area contributed by atoms with Gasteiger partial charge >= 0.3 is 0 Å². The number of pyridine rings is 2. The van der Waals surface area contributed by atoms with Gasteiger partial charge in [0.1, 0.15) is 13.2 Å². The largest absolute Gasteiger partial charge is 0.486 e.